The van der Waals surface area contributed by atoms with Crippen molar-refractivity contribution >= 4 is 180 Å². The first-order valence-corrected chi connectivity index (χ1v) is 49.0. The van der Waals surface area contributed by atoms with Crippen molar-refractivity contribution < 1.29 is 8.83 Å². The van der Waals surface area contributed by atoms with Crippen molar-refractivity contribution in [3.05, 3.63) is 383 Å². The van der Waals surface area contributed by atoms with Gasteiger partial charge in [-0.3, -0.25) is 39.1 Å². The summed E-state index contributed by atoms with van der Waals surface area (Å²) in [5.41, 5.74) is 44.1. The second-order valence-corrected chi connectivity index (χ2v) is 37.3. The third-order valence-electron chi connectivity index (χ3n) is 22.2. The predicted molar refractivity (Wildman–Crippen MR) is 583 cm³/mol. The maximum Gasteiger partial charge on any atom is 0.229 e. The lowest BCUT2D eigenvalue weighted by molar-refractivity contribution is 0.612. The Morgan fingerprint density at radius 1 is 0.369 bits per heavy atom. The number of nitrogens with one attached hydrogen (secondary N) is 2. The minimum Gasteiger partial charge on any atom is -0.453 e. The fourth-order valence-corrected chi connectivity index (χ4v) is 20.6. The van der Waals surface area contributed by atoms with E-state index in [0.29, 0.717) is 39.1 Å². The fourth-order valence-electron chi connectivity index (χ4n) is 15.3. The van der Waals surface area contributed by atoms with Crippen LogP contribution in [0.3, 0.4) is 0 Å². The van der Waals surface area contributed by atoms with E-state index in [9.17, 15) is 19.2 Å². The fraction of sp³-hybridized carbons (Fsp3) is 0.0991. The molecule has 0 saturated carbocycles. The van der Waals surface area contributed by atoms with Crippen molar-refractivity contribution in [3.8, 4) is 87.2 Å². The molecule has 698 valence electrons. The number of aromatic nitrogens is 9. The molecule has 0 atom stereocenters. The van der Waals surface area contributed by atoms with E-state index in [4.69, 9.17) is 42.2 Å². The Labute approximate surface area is 826 Å². The van der Waals surface area contributed by atoms with Crippen molar-refractivity contribution in [2.24, 2.45) is 20.0 Å². The zero-order valence-electron chi connectivity index (χ0n) is 78.1. The van der Waals surface area contributed by atoms with Crippen LogP contribution >= 0.6 is 56.7 Å². The van der Waals surface area contributed by atoms with Gasteiger partial charge in [-0.2, -0.15) is 0 Å². The van der Waals surface area contributed by atoms with Crippen molar-refractivity contribution in [1.29, 1.82) is 5.41 Å². The Morgan fingerprint density at radius 2 is 0.773 bits per heavy atom. The van der Waals surface area contributed by atoms with Crippen molar-refractivity contribution in [2.75, 3.05) is 69.6 Å². The van der Waals surface area contributed by atoms with Crippen LogP contribution < -0.4 is 76.3 Å². The van der Waals surface area contributed by atoms with Crippen LogP contribution in [0.5, 0.6) is 0 Å². The number of nitrogens with two attached hydrogens (primary N) is 4. The number of para-hydroxylation sites is 6. The largest absolute Gasteiger partial charge is 0.453 e. The van der Waals surface area contributed by atoms with E-state index >= 15 is 0 Å². The van der Waals surface area contributed by atoms with Gasteiger partial charge >= 0.3 is 0 Å². The van der Waals surface area contributed by atoms with E-state index in [1.165, 1.54) is 33.5 Å². The number of fused-ring (bicyclic) bond motifs is 18. The molecule has 8 heterocycles. The second kappa shape index (κ2) is 43.2. The van der Waals surface area contributed by atoms with Gasteiger partial charge in [0, 0.05) is 112 Å². The summed E-state index contributed by atoms with van der Waals surface area (Å²) in [4.78, 5) is 106. The first-order chi connectivity index (χ1) is 68.5. The number of H-pyrrole nitrogens is 1. The molecule has 0 spiro atoms. The Kier molecular flexibility index (Phi) is 29.4. The molecule has 0 unspecified atom stereocenters. The molecule has 9 aromatic carbocycles. The number of nitrogen functional groups attached to an aromatic ring is 4. The van der Waals surface area contributed by atoms with Gasteiger partial charge in [0.1, 0.15) is 11.2 Å². The van der Waals surface area contributed by atoms with E-state index in [-0.39, 0.29) is 10.9 Å². The van der Waals surface area contributed by atoms with Crippen LogP contribution in [0.2, 0.25) is 0 Å². The van der Waals surface area contributed by atoms with Crippen molar-refractivity contribution in [2.45, 2.75) is 34.2 Å². The monoisotopic (exact) mass is 1950 g/mol. The molecule has 9 aromatic rings. The molecule has 25 nitrogen and oxygen atoms in total. The normalized spacial score (nSPS) is 11.6. The Hall–Kier alpha value is -16.9. The average molecular weight is 1950 g/mol. The van der Waals surface area contributed by atoms with E-state index in [2.05, 4.69) is 141 Å². The zero-order valence-corrected chi connectivity index (χ0v) is 82.1. The van der Waals surface area contributed by atoms with Crippen molar-refractivity contribution in [3.63, 3.8) is 0 Å². The summed E-state index contributed by atoms with van der Waals surface area (Å²) >= 11 is 8.47. The molecule has 16 aliphatic rings. The maximum atomic E-state index is 12.0. The van der Waals surface area contributed by atoms with Crippen LogP contribution in [0.25, 0.3) is 182 Å². The van der Waals surface area contributed by atoms with Gasteiger partial charge in [0.25, 0.3) is 0 Å². The first kappa shape index (κ1) is 95.8. The molecule has 0 saturated heterocycles. The third kappa shape index (κ3) is 22.2. The number of aromatic amines is 1. The number of nitrogens with zero attached hydrogens (tertiary/aromatic N) is 13. The number of benzene rings is 17. The van der Waals surface area contributed by atoms with Crippen LogP contribution in [0, 0.1) is 5.41 Å². The smallest absolute Gasteiger partial charge is 0.229 e. The number of hydrogen-bond acceptors (Lipinski definition) is 28. The summed E-state index contributed by atoms with van der Waals surface area (Å²) in [6.45, 7) is 9.75. The van der Waals surface area contributed by atoms with Gasteiger partial charge in [-0.05, 0) is 244 Å². The third-order valence-corrected chi connectivity index (χ3v) is 27.7. The van der Waals surface area contributed by atoms with E-state index in [1.807, 2.05) is 232 Å². The summed E-state index contributed by atoms with van der Waals surface area (Å²) in [7, 11) is 9.48. The highest BCUT2D eigenvalue weighted by Gasteiger charge is 2.19. The molecule has 0 amide bonds. The van der Waals surface area contributed by atoms with Crippen LogP contribution in [-0.2, 0) is 6.54 Å². The molecule has 0 radical (unpaired) electrons. The lowest BCUT2D eigenvalue weighted by Gasteiger charge is -2.16. The SMILES string of the molecule is CC.CCN=c1ccc2nc3ccc(N(C)C)cc3sc-2c1.CCn1c2cc(=O)ccc-2nc2ccccc21.CN=c1ccc2nc3ccc(N)cc3sc-2c1.CN=c1ccc2nc3ccc(N)cc3sc-2c1.CN=c1ccc2nc3ccc(N)cc3sc-2c1.N=c1ccc2nc3ccc(N)cc3sc-2c1.O=c1cc2[nH]c3ccccc3oc-2cc1=O.O=c1cc2oc3ccccc3nc-2c2ccccc12. The summed E-state index contributed by atoms with van der Waals surface area (Å²) in [5, 5.41) is 13.5. The maximum absolute atomic E-state index is 12.0. The molecular formula is C111H93N19O6S5. The molecule has 25 rings (SSSR count). The van der Waals surface area contributed by atoms with E-state index < -0.39 is 10.9 Å². The number of aryl methyl sites for hydroxylation is 1. The summed E-state index contributed by atoms with van der Waals surface area (Å²) in [6.07, 6.45) is 0. The van der Waals surface area contributed by atoms with Gasteiger partial charge in [-0.15, -0.1) is 56.7 Å². The number of hydrogen-bond donors (Lipinski definition) is 6. The first-order valence-electron chi connectivity index (χ1n) is 45.0. The van der Waals surface area contributed by atoms with Gasteiger partial charge in [-0.1, -0.05) is 74.5 Å². The summed E-state index contributed by atoms with van der Waals surface area (Å²) in [5.74, 6) is 0.922. The molecule has 0 fully saturated rings. The minimum atomic E-state index is -0.556. The number of anilines is 5. The summed E-state index contributed by atoms with van der Waals surface area (Å²) in [6, 6.07) is 98.6. The van der Waals surface area contributed by atoms with Crippen molar-refractivity contribution in [1.82, 2.24) is 44.4 Å². The van der Waals surface area contributed by atoms with E-state index in [1.54, 1.807) is 108 Å². The zero-order chi connectivity index (χ0) is 98.5. The summed E-state index contributed by atoms with van der Waals surface area (Å²) < 4.78 is 19.0. The Bertz CT molecular complexity index is 8920. The Balaban J connectivity index is 0.000000111. The molecule has 30 heteroatoms. The molecule has 0 aromatic heterocycles. The van der Waals surface area contributed by atoms with Gasteiger partial charge in [0.2, 0.25) is 10.9 Å². The lowest BCUT2D eigenvalue weighted by Crippen LogP contribution is -2.22. The molecule has 0 bridgehead atoms. The minimum absolute atomic E-state index is 0.0248. The van der Waals surface area contributed by atoms with Gasteiger partial charge in [0.15, 0.2) is 33.5 Å². The standard InChI is InChI=1S/C16H17N3S.C16H9NO2.C14H12N2O.3C13H11N3S.C12H9N3S.C12H7NO3.C2H6/c1-4-17-11-5-7-13-15(9-11)20-16-10-12(19(2)3)6-8-14(16)18-13;18-13-9-15-16(11-6-2-1-5-10(11)13)17-12-7-3-4-8-14(12)19-15;1-2-16-13-6-4-3-5-11(13)15-12-8-7-10(17)9-14(12)16;3*1-15-9-3-5-11-13(7-9)17-12-6-8(14)2-4-10(12)16-11;13-7-1-3-9-11(5-7)16-12-6-8(14)2-4-10(12)15-9;14-9-5-8-12(6-10(9)15)16-11-4-2-1-3-7(11)13-8;1-2/h5-10H,4H2,1-3H3;1-9H;3-9H,2H2,1H3;3*2-7H,14H2,1H3;1-6,13H,14H2;1-6,13H;1-2H3. The topological polar surface area (TPSA) is 386 Å². The van der Waals surface area contributed by atoms with Crippen LogP contribution in [0.1, 0.15) is 27.7 Å². The van der Waals surface area contributed by atoms with E-state index in [0.717, 1.165) is 196 Å². The highest BCUT2D eigenvalue weighted by atomic mass is 32.1. The van der Waals surface area contributed by atoms with Gasteiger partial charge in [0.05, 0.1) is 164 Å². The van der Waals surface area contributed by atoms with Crippen LogP contribution in [0.15, 0.2) is 363 Å². The second-order valence-electron chi connectivity index (χ2n) is 31.9. The molecule has 141 heavy (non-hydrogen) atoms. The van der Waals surface area contributed by atoms with Crippen LogP contribution in [0.4, 0.5) is 28.4 Å². The highest BCUT2D eigenvalue weighted by molar-refractivity contribution is 7.23. The molecule has 10 N–H and O–H groups in total. The lowest BCUT2D eigenvalue weighted by atomic mass is 10.1. The highest BCUT2D eigenvalue weighted by Crippen LogP contribution is 2.38. The quantitative estimate of drug-likeness (QED) is 0.0414. The average Bonchev–Trinajstić information content (AvgIpc) is 0.761. The molecular weight excluding hydrogens is 1860 g/mol. The molecule has 8 aliphatic carbocycles. The predicted octanol–water partition coefficient (Wildman–Crippen LogP) is 22.0. The van der Waals surface area contributed by atoms with Crippen LogP contribution in [-0.4, -0.2) is 86.2 Å². The van der Waals surface area contributed by atoms with Gasteiger partial charge in [-0.25, -0.2) is 34.9 Å². The van der Waals surface area contributed by atoms with Gasteiger partial charge < -0.3 is 51.6 Å². The Morgan fingerprint density at radius 3 is 1.28 bits per heavy atom. The molecule has 8 aliphatic heterocycles. The number of rotatable bonds is 3.